The van der Waals surface area contributed by atoms with Gasteiger partial charge in [0.25, 0.3) is 0 Å². The minimum absolute atomic E-state index is 0.654. The van der Waals surface area contributed by atoms with Crippen molar-refractivity contribution in [2.75, 3.05) is 0 Å². The van der Waals surface area contributed by atoms with Crippen molar-refractivity contribution in [1.82, 2.24) is 19.5 Å². The summed E-state index contributed by atoms with van der Waals surface area (Å²) in [7, 11) is 0. The van der Waals surface area contributed by atoms with E-state index >= 15 is 0 Å². The fraction of sp³-hybridized carbons (Fsp3) is 0. The largest absolute Gasteiger partial charge is 0.455 e. The van der Waals surface area contributed by atoms with Gasteiger partial charge < -0.3 is 8.98 Å². The molecule has 10 aromatic rings. The van der Waals surface area contributed by atoms with Gasteiger partial charge in [0, 0.05) is 49.6 Å². The number of fused-ring (bicyclic) bond motifs is 10. The number of rotatable bonds is 3. The van der Waals surface area contributed by atoms with Crippen molar-refractivity contribution >= 4 is 65.4 Å². The number of benzene rings is 6. The van der Waals surface area contributed by atoms with E-state index in [1.807, 2.05) is 60.9 Å². The van der Waals surface area contributed by atoms with Crippen LogP contribution in [0, 0.1) is 0 Å². The van der Waals surface area contributed by atoms with Crippen molar-refractivity contribution in [3.8, 4) is 28.3 Å². The van der Waals surface area contributed by atoms with E-state index in [1.165, 1.54) is 0 Å². The third kappa shape index (κ3) is 3.54. The van der Waals surface area contributed by atoms with Crippen LogP contribution in [0.25, 0.3) is 93.8 Å². The molecule has 4 aromatic heterocycles. The number of hydrogen-bond donors (Lipinski definition) is 0. The van der Waals surface area contributed by atoms with Crippen LogP contribution < -0.4 is 0 Å². The van der Waals surface area contributed by atoms with Gasteiger partial charge in [0.1, 0.15) is 11.2 Å². The molecule has 0 fully saturated rings. The highest BCUT2D eigenvalue weighted by atomic mass is 16.3. The Morgan fingerprint density at radius 1 is 0.543 bits per heavy atom. The van der Waals surface area contributed by atoms with E-state index in [0.717, 1.165) is 87.9 Å². The van der Waals surface area contributed by atoms with Gasteiger partial charge in [-0.05, 0) is 41.8 Å². The monoisotopic (exact) mass is 588 g/mol. The molecule has 0 aliphatic rings. The van der Waals surface area contributed by atoms with Gasteiger partial charge in [0.15, 0.2) is 5.82 Å². The summed E-state index contributed by atoms with van der Waals surface area (Å²) in [6.07, 6.45) is 3.74. The molecular weight excluding hydrogens is 564 g/mol. The molecule has 0 bridgehead atoms. The zero-order valence-corrected chi connectivity index (χ0v) is 24.6. The quantitative estimate of drug-likeness (QED) is 0.206. The molecule has 46 heavy (non-hydrogen) atoms. The van der Waals surface area contributed by atoms with Crippen LogP contribution in [0.3, 0.4) is 0 Å². The molecule has 0 spiro atoms. The van der Waals surface area contributed by atoms with Crippen molar-refractivity contribution in [2.24, 2.45) is 0 Å². The zero-order chi connectivity index (χ0) is 30.2. The Bertz CT molecular complexity index is 2810. The molecule has 0 N–H and O–H groups in total. The minimum atomic E-state index is 0.654. The summed E-state index contributed by atoms with van der Waals surface area (Å²) >= 11 is 0. The first-order valence-electron chi connectivity index (χ1n) is 15.4. The molecule has 5 nitrogen and oxygen atoms in total. The molecule has 214 valence electrons. The predicted molar refractivity (Wildman–Crippen MR) is 187 cm³/mol. The van der Waals surface area contributed by atoms with Crippen LogP contribution in [0.1, 0.15) is 0 Å². The highest BCUT2D eigenvalue weighted by Crippen LogP contribution is 2.43. The van der Waals surface area contributed by atoms with E-state index in [9.17, 15) is 0 Å². The lowest BCUT2D eigenvalue weighted by Crippen LogP contribution is -2.01. The summed E-state index contributed by atoms with van der Waals surface area (Å²) < 4.78 is 8.89. The Balaban J connectivity index is 1.31. The summed E-state index contributed by atoms with van der Waals surface area (Å²) in [5.74, 6) is 0.654. The second kappa shape index (κ2) is 9.58. The lowest BCUT2D eigenvalue weighted by atomic mass is 10.0. The maximum absolute atomic E-state index is 6.59. The first-order chi connectivity index (χ1) is 22.8. The van der Waals surface area contributed by atoms with E-state index in [1.54, 1.807) is 0 Å². The van der Waals surface area contributed by atoms with Gasteiger partial charge in [0.2, 0.25) is 0 Å². The van der Waals surface area contributed by atoms with Crippen molar-refractivity contribution in [2.45, 2.75) is 0 Å². The highest BCUT2D eigenvalue weighted by Gasteiger charge is 2.22. The van der Waals surface area contributed by atoms with E-state index in [0.29, 0.717) is 5.82 Å². The Morgan fingerprint density at radius 2 is 1.30 bits per heavy atom. The summed E-state index contributed by atoms with van der Waals surface area (Å²) in [5, 5.41) is 7.81. The average Bonchev–Trinajstić information content (AvgIpc) is 3.67. The first kappa shape index (κ1) is 25.0. The second-order valence-electron chi connectivity index (χ2n) is 11.6. The van der Waals surface area contributed by atoms with Crippen molar-refractivity contribution < 1.29 is 4.42 Å². The van der Waals surface area contributed by atoms with Crippen molar-refractivity contribution in [1.29, 1.82) is 0 Å². The van der Waals surface area contributed by atoms with Crippen LogP contribution in [0.4, 0.5) is 0 Å². The maximum atomic E-state index is 6.59. The van der Waals surface area contributed by atoms with Gasteiger partial charge in [-0.3, -0.25) is 4.98 Å². The van der Waals surface area contributed by atoms with Crippen LogP contribution in [0.5, 0.6) is 0 Å². The Labute approximate surface area is 263 Å². The number of aromatic nitrogens is 4. The van der Waals surface area contributed by atoms with Crippen LogP contribution in [0.15, 0.2) is 150 Å². The number of pyridine rings is 1. The number of hydrogen-bond acceptors (Lipinski definition) is 4. The molecule has 6 aromatic carbocycles. The molecule has 10 rings (SSSR count). The van der Waals surface area contributed by atoms with Crippen molar-refractivity contribution in [3.05, 3.63) is 146 Å². The number of furan rings is 1. The standard InChI is InChI=1S/C41H24N4O/c1-2-10-26(11-3-1)39-29-13-4-7-15-32(29)43-41(44-39)31-22-23-42-24-35(31)45-33-16-8-5-14-30(33)38-34(45)21-19-25-18-20-28-27-12-6-9-17-36(27)46-40(28)37(25)38/h1-24H. The SMILES string of the molecule is c1ccc(-c2nc(-c3ccncc3-n3c4ccccc4c4c5c(ccc6c7ccccc7oc65)ccc43)nc3ccccc23)cc1. The molecule has 0 atom stereocenters. The molecule has 0 unspecified atom stereocenters. The Morgan fingerprint density at radius 3 is 2.22 bits per heavy atom. The zero-order valence-electron chi connectivity index (χ0n) is 24.6. The third-order valence-electron chi connectivity index (χ3n) is 9.09. The molecule has 5 heteroatoms. The Kier molecular flexibility index (Phi) is 5.22. The van der Waals surface area contributed by atoms with Crippen LogP contribution in [-0.4, -0.2) is 19.5 Å². The fourth-order valence-corrected chi connectivity index (χ4v) is 7.08. The van der Waals surface area contributed by atoms with Crippen LogP contribution in [0.2, 0.25) is 0 Å². The van der Waals surface area contributed by atoms with Gasteiger partial charge in [-0.1, -0.05) is 97.1 Å². The molecule has 0 amide bonds. The van der Waals surface area contributed by atoms with E-state index in [2.05, 4.69) is 94.5 Å². The van der Waals surface area contributed by atoms with E-state index in [-0.39, 0.29) is 0 Å². The molecule has 0 aliphatic heterocycles. The molecule has 4 heterocycles. The number of nitrogens with zero attached hydrogens (tertiary/aromatic N) is 4. The molecule has 0 radical (unpaired) electrons. The minimum Gasteiger partial charge on any atom is -0.455 e. The van der Waals surface area contributed by atoms with Crippen LogP contribution in [-0.2, 0) is 0 Å². The summed E-state index contributed by atoms with van der Waals surface area (Å²) in [6.45, 7) is 0. The predicted octanol–water partition coefficient (Wildman–Crippen LogP) is 10.5. The molecular formula is C41H24N4O. The second-order valence-corrected chi connectivity index (χ2v) is 11.6. The maximum Gasteiger partial charge on any atom is 0.162 e. The summed E-state index contributed by atoms with van der Waals surface area (Å²) in [5.41, 5.74) is 8.63. The van der Waals surface area contributed by atoms with Crippen LogP contribution >= 0.6 is 0 Å². The molecule has 0 saturated carbocycles. The molecule has 0 saturated heterocycles. The van der Waals surface area contributed by atoms with Gasteiger partial charge in [-0.2, -0.15) is 0 Å². The Hall–Kier alpha value is -6.33. The van der Waals surface area contributed by atoms with Gasteiger partial charge >= 0.3 is 0 Å². The topological polar surface area (TPSA) is 56.7 Å². The third-order valence-corrected chi connectivity index (χ3v) is 9.09. The summed E-state index contributed by atoms with van der Waals surface area (Å²) in [6, 6.07) is 46.2. The van der Waals surface area contributed by atoms with Gasteiger partial charge in [-0.25, -0.2) is 9.97 Å². The lowest BCUT2D eigenvalue weighted by molar-refractivity contribution is 0.673. The van der Waals surface area contributed by atoms with E-state index in [4.69, 9.17) is 14.4 Å². The van der Waals surface area contributed by atoms with Crippen molar-refractivity contribution in [3.63, 3.8) is 0 Å². The molecule has 0 aliphatic carbocycles. The number of para-hydroxylation sites is 3. The normalized spacial score (nSPS) is 11.9. The smallest absolute Gasteiger partial charge is 0.162 e. The van der Waals surface area contributed by atoms with Gasteiger partial charge in [-0.15, -0.1) is 0 Å². The van der Waals surface area contributed by atoms with E-state index < -0.39 is 0 Å². The highest BCUT2D eigenvalue weighted by molar-refractivity contribution is 6.29. The van der Waals surface area contributed by atoms with Gasteiger partial charge in [0.05, 0.1) is 34.1 Å². The average molecular weight is 589 g/mol. The fourth-order valence-electron chi connectivity index (χ4n) is 7.08. The summed E-state index contributed by atoms with van der Waals surface area (Å²) in [4.78, 5) is 15.0. The lowest BCUT2D eigenvalue weighted by Gasteiger charge is -2.14. The first-order valence-corrected chi connectivity index (χ1v) is 15.4.